The van der Waals surface area contributed by atoms with Gasteiger partial charge < -0.3 is 29.1 Å². The summed E-state index contributed by atoms with van der Waals surface area (Å²) >= 11 is 16.4. The summed E-state index contributed by atoms with van der Waals surface area (Å²) in [7, 11) is 3.41. The van der Waals surface area contributed by atoms with E-state index in [0.717, 1.165) is 43.2 Å². The number of aliphatic hydroxyl groups is 1. The minimum absolute atomic E-state index is 0.123. The van der Waals surface area contributed by atoms with Gasteiger partial charge in [0.25, 0.3) is 11.8 Å². The van der Waals surface area contributed by atoms with E-state index in [0.29, 0.717) is 52.9 Å². The molecule has 2 aromatic heterocycles. The van der Waals surface area contributed by atoms with Gasteiger partial charge in [0.05, 0.1) is 12.1 Å². The molecule has 0 saturated carbocycles. The fourth-order valence-corrected chi connectivity index (χ4v) is 7.43. The van der Waals surface area contributed by atoms with Crippen molar-refractivity contribution in [3.05, 3.63) is 81.7 Å². The number of rotatable bonds is 5. The lowest BCUT2D eigenvalue weighted by Gasteiger charge is -2.30. The molecule has 4 aromatic rings. The average molecular weight is 862 g/mol. The number of carbonyl (C=O) groups is 4. The van der Waals surface area contributed by atoms with Gasteiger partial charge >= 0.3 is 11.6 Å². The summed E-state index contributed by atoms with van der Waals surface area (Å²) in [6, 6.07) is 13.7. The van der Waals surface area contributed by atoms with Crippen LogP contribution in [-0.4, -0.2) is 93.0 Å². The van der Waals surface area contributed by atoms with Gasteiger partial charge in [-0.2, -0.15) is 10.2 Å². The highest BCUT2D eigenvalue weighted by atomic mass is 35.5. The summed E-state index contributed by atoms with van der Waals surface area (Å²) < 4.78 is 16.6. The Morgan fingerprint density at radius 3 is 1.64 bits per heavy atom. The van der Waals surface area contributed by atoms with E-state index in [1.165, 1.54) is 4.68 Å². The zero-order valence-electron chi connectivity index (χ0n) is 31.6. The first kappa shape index (κ1) is 42.3. The molecule has 2 fully saturated rings. The molecule has 0 aliphatic carbocycles. The molecular weight excluding hydrogens is 827 g/mol. The van der Waals surface area contributed by atoms with E-state index in [1.807, 2.05) is 12.1 Å². The van der Waals surface area contributed by atoms with Crippen LogP contribution in [0.25, 0.3) is 33.9 Å². The van der Waals surface area contributed by atoms with Gasteiger partial charge in [-0.1, -0.05) is 36.0 Å². The van der Waals surface area contributed by atoms with Crippen molar-refractivity contribution < 1.29 is 38.5 Å². The third-order valence-electron chi connectivity index (χ3n) is 9.73. The maximum Gasteiger partial charge on any atom is 0.528 e. The van der Waals surface area contributed by atoms with Crippen LogP contribution in [0.15, 0.2) is 60.0 Å². The summed E-state index contributed by atoms with van der Waals surface area (Å²) in [5.41, 5.74) is 1.05. The second-order valence-electron chi connectivity index (χ2n) is 13.3. The quantitative estimate of drug-likeness (QED) is 0.127. The monoisotopic (exact) mass is 860 g/mol. The summed E-state index contributed by atoms with van der Waals surface area (Å²) in [6.07, 6.45) is 17.0. The number of hydrogen-bond donors (Lipinski definition) is 1. The minimum atomic E-state index is -1.06. The van der Waals surface area contributed by atoms with E-state index in [-0.39, 0.29) is 46.6 Å². The molecule has 19 heteroatoms. The number of fused-ring (bicyclic) bond motifs is 2. The molecule has 8 rings (SSSR count). The van der Waals surface area contributed by atoms with Crippen molar-refractivity contribution in [2.75, 3.05) is 13.1 Å². The fraction of sp³-hybridized carbons (Fsp3) is 0.300. The minimum Gasteiger partial charge on any atom is -0.509 e. The summed E-state index contributed by atoms with van der Waals surface area (Å²) in [5.74, 6) is 1.55. The molecule has 0 spiro atoms. The van der Waals surface area contributed by atoms with Crippen LogP contribution < -0.4 is 0 Å². The largest absolute Gasteiger partial charge is 0.528 e. The van der Waals surface area contributed by atoms with Crippen LogP contribution in [0.4, 0.5) is 9.59 Å². The third-order valence-corrected chi connectivity index (χ3v) is 10.3. The molecule has 59 heavy (non-hydrogen) atoms. The van der Waals surface area contributed by atoms with Crippen LogP contribution >= 0.6 is 34.8 Å². The normalized spacial score (nSPS) is 18.1. The maximum atomic E-state index is 13.1. The first-order chi connectivity index (χ1) is 28.3. The van der Waals surface area contributed by atoms with Crippen molar-refractivity contribution in [3.8, 4) is 47.8 Å². The van der Waals surface area contributed by atoms with Gasteiger partial charge in [-0.05, 0) is 87.1 Å². The van der Waals surface area contributed by atoms with Crippen LogP contribution in [0, 0.1) is 25.1 Å². The van der Waals surface area contributed by atoms with Gasteiger partial charge in [0, 0.05) is 60.0 Å². The first-order valence-electron chi connectivity index (χ1n) is 18.1. The highest BCUT2D eigenvalue weighted by molar-refractivity contribution is 6.61. The number of aryl methyl sites for hydroxylation is 2. The molecule has 2 atom stereocenters. The third kappa shape index (κ3) is 9.21. The lowest BCUT2D eigenvalue weighted by atomic mass is 10.0. The molecule has 2 aromatic carbocycles. The van der Waals surface area contributed by atoms with Crippen molar-refractivity contribution in [1.29, 1.82) is 0 Å². The molecule has 4 aliphatic heterocycles. The highest BCUT2D eigenvalue weighted by Gasteiger charge is 2.46. The molecular formula is C40H35Cl3N8O8. The number of aliphatic hydroxyl groups excluding tert-OH is 1. The fourth-order valence-electron chi connectivity index (χ4n) is 7.13. The van der Waals surface area contributed by atoms with Crippen LogP contribution in [0.3, 0.4) is 0 Å². The Morgan fingerprint density at radius 1 is 0.729 bits per heavy atom. The lowest BCUT2D eigenvalue weighted by molar-refractivity contribution is -0.127. The number of terminal acetylenes is 2. The van der Waals surface area contributed by atoms with E-state index < -0.39 is 11.6 Å². The molecule has 2 unspecified atom stereocenters. The zero-order chi connectivity index (χ0) is 42.4. The molecule has 16 nitrogen and oxygen atoms in total. The van der Waals surface area contributed by atoms with Gasteiger partial charge in [-0.3, -0.25) is 9.59 Å². The van der Waals surface area contributed by atoms with Crippen molar-refractivity contribution in [2.45, 2.75) is 50.6 Å². The molecule has 0 bridgehead atoms. The number of halogens is 3. The molecule has 2 amide bonds. The lowest BCUT2D eigenvalue weighted by Crippen LogP contribution is -2.40. The second kappa shape index (κ2) is 18.5. The van der Waals surface area contributed by atoms with E-state index in [2.05, 4.69) is 47.7 Å². The maximum absolute atomic E-state index is 13.1. The van der Waals surface area contributed by atoms with E-state index >= 15 is 0 Å². The van der Waals surface area contributed by atoms with Crippen LogP contribution in [0.1, 0.15) is 50.2 Å². The van der Waals surface area contributed by atoms with Crippen LogP contribution in [0.2, 0.25) is 10.0 Å². The second-order valence-corrected chi connectivity index (χ2v) is 14.5. The Hall–Kier alpha value is -6.33. The Bertz CT molecular complexity index is 2430. The Labute approximate surface area is 353 Å². The Kier molecular flexibility index (Phi) is 13.3. The summed E-state index contributed by atoms with van der Waals surface area (Å²) in [5, 5.41) is 20.6. The summed E-state index contributed by atoms with van der Waals surface area (Å²) in [4.78, 5) is 59.6. The number of ether oxygens (including phenoxy) is 3. The van der Waals surface area contributed by atoms with Gasteiger partial charge in [0.2, 0.25) is 0 Å². The topological polar surface area (TPSA) is 184 Å². The van der Waals surface area contributed by atoms with Gasteiger partial charge in [-0.25, -0.2) is 28.9 Å². The predicted molar refractivity (Wildman–Crippen MR) is 216 cm³/mol. The molecule has 4 aliphatic rings. The SMILES string of the molecule is C#COC(=O)Cl.C#COC(=O)OC1=C(c2nc(-c3ccc(Cl)cc3)nn2C)C(=O)N2CCCCC12.Cn1nc(-c2ccc(Cl)cc2)nc1C1=C(O)C2CCCCN2C1=O. The Balaban J connectivity index is 0.000000177. The number of nitrogens with zero attached hydrogens (tertiary/aromatic N) is 8. The van der Waals surface area contributed by atoms with E-state index in [1.54, 1.807) is 77.2 Å². The summed E-state index contributed by atoms with van der Waals surface area (Å²) in [6.45, 7) is 1.25. The number of benzene rings is 2. The molecule has 6 heterocycles. The van der Waals surface area contributed by atoms with E-state index in [4.69, 9.17) is 34.4 Å². The number of hydrogen-bond acceptors (Lipinski definition) is 12. The first-order valence-corrected chi connectivity index (χ1v) is 19.3. The van der Waals surface area contributed by atoms with Gasteiger partial charge in [-0.15, -0.1) is 0 Å². The highest BCUT2D eigenvalue weighted by Crippen LogP contribution is 2.39. The van der Waals surface area contributed by atoms with Crippen molar-refractivity contribution in [2.24, 2.45) is 14.1 Å². The smallest absolute Gasteiger partial charge is 0.509 e. The number of amides is 2. The van der Waals surface area contributed by atoms with E-state index in [9.17, 15) is 24.3 Å². The zero-order valence-corrected chi connectivity index (χ0v) is 33.9. The van der Waals surface area contributed by atoms with Crippen LogP contribution in [0.5, 0.6) is 0 Å². The number of piperidine rings is 2. The number of carbonyl (C=O) groups excluding carboxylic acids is 4. The average Bonchev–Trinajstić information content (AvgIpc) is 3.93. The molecule has 0 radical (unpaired) electrons. The van der Waals surface area contributed by atoms with Crippen LogP contribution in [-0.2, 0) is 37.9 Å². The van der Waals surface area contributed by atoms with Crippen molar-refractivity contribution in [3.63, 3.8) is 0 Å². The van der Waals surface area contributed by atoms with Crippen molar-refractivity contribution in [1.82, 2.24) is 39.3 Å². The number of aromatic nitrogens is 6. The Morgan fingerprint density at radius 2 is 1.19 bits per heavy atom. The predicted octanol–water partition coefficient (Wildman–Crippen LogP) is 6.74. The van der Waals surface area contributed by atoms with Gasteiger partial charge in [0.15, 0.2) is 29.1 Å². The molecule has 304 valence electrons. The molecule has 2 saturated heterocycles. The van der Waals surface area contributed by atoms with Crippen molar-refractivity contribution >= 4 is 69.3 Å². The van der Waals surface area contributed by atoms with Gasteiger partial charge in [0.1, 0.15) is 29.1 Å². The standard InChI is InChI=1S/C20H17ClN4O4.C17H17ClN4O2.C3HClO2/c1-3-28-20(27)29-16-14-6-4-5-11-25(14)19(26)15(16)18-22-17(23-24(18)2)12-7-9-13(21)10-8-12;1-21-16(19-15(20-21)10-5-7-11(18)8-6-10)13-14(23)12-4-2-3-9-22(12)17(13)24;1-2-6-3(4)5/h1,7-10,14H,4-6,11H2,2H3;5-8,12,23H,2-4,9H2,1H3;1H. The molecule has 1 N–H and O–H groups in total.